The highest BCUT2D eigenvalue weighted by molar-refractivity contribution is 7.91. The van der Waals surface area contributed by atoms with Crippen molar-refractivity contribution >= 4 is 63.2 Å². The van der Waals surface area contributed by atoms with Gasteiger partial charge >= 0.3 is 17.6 Å². The molecule has 3 heterocycles. The number of aromatic amines is 2. The van der Waals surface area contributed by atoms with E-state index in [0.29, 0.717) is 98.9 Å². The number of anilines is 1. The predicted octanol–water partition coefficient (Wildman–Crippen LogP) is 10.5. The third kappa shape index (κ3) is 16.7. The number of amides is 1. The number of imidazole rings is 2. The van der Waals surface area contributed by atoms with Crippen LogP contribution in [0.2, 0.25) is 0 Å². The molecular weight excluding hydrogens is 1280 g/mol. The fraction of sp³-hybridized carbons (Fsp3) is 0.308. The number of carbonyl (C=O) groups is 1. The van der Waals surface area contributed by atoms with E-state index in [1.165, 1.54) is 55.1 Å². The van der Waals surface area contributed by atoms with Gasteiger partial charge in [-0.3, -0.25) is 13.9 Å². The third-order valence-corrected chi connectivity index (χ3v) is 17.6. The van der Waals surface area contributed by atoms with Crippen LogP contribution in [0.4, 0.5) is 27.6 Å². The highest BCUT2D eigenvalue weighted by Crippen LogP contribution is 2.42. The van der Waals surface area contributed by atoms with Crippen LogP contribution in [-0.2, 0) is 46.9 Å². The molecule has 20 nitrogen and oxygen atoms in total. The summed E-state index contributed by atoms with van der Waals surface area (Å²) in [6.07, 6.45) is -1.20. The molecule has 0 saturated carbocycles. The minimum atomic E-state index is -4.58. The van der Waals surface area contributed by atoms with Crippen LogP contribution in [0, 0.1) is 11.6 Å². The largest absolute Gasteiger partial charge is 0.493 e. The lowest BCUT2D eigenvalue weighted by Gasteiger charge is -2.29. The molecule has 0 unspecified atom stereocenters. The second kappa shape index (κ2) is 28.8. The molecule has 7 aromatic carbocycles. The van der Waals surface area contributed by atoms with Crippen molar-refractivity contribution in [2.24, 2.45) is 0 Å². The topological polar surface area (TPSA) is 254 Å². The SMILES string of the molecule is CCOc1cc([C@H](CS(C)(=O)=O)N2C(=O)Cc3cc(-c4ccccc4F)ccc32)ccc1OC.CCOc1cc([C@H](CS(C)(=O)=O)n2c(=O)[nH]c3cc(C(F)(F)F)ccc32)ccc1OC.CCOc1cc([C@H](CS(C)(=O)=O)n2c(=O)[nH]c3cc(F)ccc32)ccc1OC. The van der Waals surface area contributed by atoms with Crippen molar-refractivity contribution in [3.8, 4) is 45.6 Å². The second-order valence-electron chi connectivity index (χ2n) is 21.6. The Morgan fingerprint density at radius 1 is 0.505 bits per heavy atom. The molecule has 28 heteroatoms. The Morgan fingerprint density at radius 2 is 0.935 bits per heavy atom. The van der Waals surface area contributed by atoms with Crippen LogP contribution in [0.25, 0.3) is 33.2 Å². The lowest BCUT2D eigenvalue weighted by atomic mass is 10.0. The van der Waals surface area contributed by atoms with Crippen molar-refractivity contribution in [3.05, 3.63) is 194 Å². The maximum atomic E-state index is 14.3. The predicted molar refractivity (Wildman–Crippen MR) is 344 cm³/mol. The van der Waals surface area contributed by atoms with Gasteiger partial charge < -0.3 is 43.3 Å². The van der Waals surface area contributed by atoms with Crippen molar-refractivity contribution in [1.82, 2.24) is 19.1 Å². The zero-order valence-electron chi connectivity index (χ0n) is 52.0. The number of H-pyrrole nitrogens is 2. The van der Waals surface area contributed by atoms with Crippen molar-refractivity contribution in [2.75, 3.05) is 82.1 Å². The summed E-state index contributed by atoms with van der Waals surface area (Å²) in [6.45, 7) is 6.54. The maximum absolute atomic E-state index is 14.3. The molecule has 0 radical (unpaired) electrons. The number of rotatable bonds is 22. The monoisotopic (exact) mass is 1350 g/mol. The Labute approximate surface area is 533 Å². The number of fused-ring (bicyclic) bond motifs is 3. The number of sulfone groups is 3. The van der Waals surface area contributed by atoms with Gasteiger partial charge in [-0.2, -0.15) is 13.2 Å². The number of halogens is 5. The Bertz CT molecular complexity index is 4700. The number of benzene rings is 7. The summed E-state index contributed by atoms with van der Waals surface area (Å²) in [4.78, 5) is 45.0. The summed E-state index contributed by atoms with van der Waals surface area (Å²) in [5, 5.41) is 0. The van der Waals surface area contributed by atoms with E-state index in [1.807, 2.05) is 13.8 Å². The number of carbonyl (C=O) groups excluding carboxylic acids is 1. The number of ether oxygens (including phenoxy) is 6. The molecule has 1 aliphatic rings. The van der Waals surface area contributed by atoms with Gasteiger partial charge in [-0.05, 0) is 140 Å². The van der Waals surface area contributed by atoms with Gasteiger partial charge in [0.05, 0.1) is 111 Å². The first-order valence-corrected chi connectivity index (χ1v) is 34.9. The van der Waals surface area contributed by atoms with Gasteiger partial charge in [-0.15, -0.1) is 0 Å². The summed E-state index contributed by atoms with van der Waals surface area (Å²) in [5.74, 6) is 0.634. The van der Waals surface area contributed by atoms with E-state index < -0.39 is 82.3 Å². The van der Waals surface area contributed by atoms with Gasteiger partial charge in [-0.1, -0.05) is 42.5 Å². The minimum Gasteiger partial charge on any atom is -0.493 e. The lowest BCUT2D eigenvalue weighted by molar-refractivity contribution is -0.137. The Hall–Kier alpha value is -9.15. The highest BCUT2D eigenvalue weighted by Gasteiger charge is 2.37. The average molecular weight is 1350 g/mol. The smallest absolute Gasteiger partial charge is 0.416 e. The van der Waals surface area contributed by atoms with Crippen molar-refractivity contribution in [1.29, 1.82) is 0 Å². The van der Waals surface area contributed by atoms with Crippen LogP contribution < -0.4 is 44.7 Å². The average Bonchev–Trinajstić information content (AvgIpc) is 1.67. The summed E-state index contributed by atoms with van der Waals surface area (Å²) in [6, 6.07) is 30.8. The van der Waals surface area contributed by atoms with Crippen LogP contribution in [-0.4, -0.2) is 127 Å². The van der Waals surface area contributed by atoms with E-state index in [2.05, 4.69) is 9.97 Å². The Balaban J connectivity index is 0.000000180. The quantitative estimate of drug-likeness (QED) is 0.0599. The Kier molecular flexibility index (Phi) is 21.6. The van der Waals surface area contributed by atoms with Crippen molar-refractivity contribution < 1.29 is 80.4 Å². The van der Waals surface area contributed by atoms with Crippen molar-refractivity contribution in [3.63, 3.8) is 0 Å². The second-order valence-corrected chi connectivity index (χ2v) is 28.2. The van der Waals surface area contributed by atoms with E-state index in [0.717, 1.165) is 47.1 Å². The first kappa shape index (κ1) is 69.7. The normalized spacial score (nSPS) is 13.5. The molecule has 10 rings (SSSR count). The molecule has 0 aliphatic carbocycles. The zero-order valence-corrected chi connectivity index (χ0v) is 54.4. The molecule has 1 aliphatic heterocycles. The van der Waals surface area contributed by atoms with E-state index >= 15 is 0 Å². The van der Waals surface area contributed by atoms with Crippen LogP contribution in [0.15, 0.2) is 143 Å². The first-order valence-electron chi connectivity index (χ1n) is 28.8. The van der Waals surface area contributed by atoms with Gasteiger partial charge in [0.1, 0.15) is 41.1 Å². The number of hydrogen-bond acceptors (Lipinski definition) is 15. The summed E-state index contributed by atoms with van der Waals surface area (Å²) < 4.78 is 175. The minimum absolute atomic E-state index is 0.0446. The molecule has 1 amide bonds. The van der Waals surface area contributed by atoms with Gasteiger partial charge in [-0.25, -0.2) is 43.6 Å². The standard InChI is InChI=1S/C26H26FNO5S.C20H21F3N2O5S.C19H21FN2O5S/c1-4-33-25-14-18(10-12-24(25)32-2)23(16-34(3,30)31)28-22-11-9-17(13-19(22)15-26(28)29)20-7-5-6-8-21(20)27;1-4-30-18-9-12(5-8-17(18)29-2)16(11-31(3,27)28)25-15-7-6-13(20(21,22)23)10-14(15)24-19(25)26;1-4-27-18-9-12(5-8-17(18)26-2)16(11-28(3,24)25)22-15-7-6-13(20)10-14(15)21-19(22)23/h5-14,23H,4,15-16H2,1-3H3;5-10,16H,4,11H2,1-3H3,(H,24,26);5-10,16H,4,11H2,1-3H3,(H,21,23)/t23-;2*16-/m000/s1. The van der Waals surface area contributed by atoms with Gasteiger partial charge in [0.25, 0.3) is 0 Å². The number of alkyl halides is 3. The van der Waals surface area contributed by atoms with Crippen LogP contribution in [0.5, 0.6) is 34.5 Å². The van der Waals surface area contributed by atoms with Crippen LogP contribution in [0.1, 0.15) is 66.7 Å². The third-order valence-electron chi connectivity index (χ3n) is 14.8. The molecule has 0 spiro atoms. The molecule has 0 fully saturated rings. The summed E-state index contributed by atoms with van der Waals surface area (Å²) in [5.41, 5.74) is 2.70. The maximum Gasteiger partial charge on any atom is 0.416 e. The molecule has 496 valence electrons. The van der Waals surface area contributed by atoms with Gasteiger partial charge in [0, 0.05) is 30.0 Å². The molecule has 3 atom stereocenters. The summed E-state index contributed by atoms with van der Waals surface area (Å²) >= 11 is 0. The number of hydrogen-bond donors (Lipinski definition) is 2. The first-order chi connectivity index (χ1) is 43.9. The number of nitrogens with one attached hydrogen (secondary N) is 2. The molecule has 0 saturated heterocycles. The van der Waals surface area contributed by atoms with Gasteiger partial charge in [0.2, 0.25) is 5.91 Å². The van der Waals surface area contributed by atoms with Crippen LogP contribution in [0.3, 0.4) is 0 Å². The molecule has 2 aromatic heterocycles. The number of nitrogens with zero attached hydrogens (tertiary/aromatic N) is 3. The summed E-state index contributed by atoms with van der Waals surface area (Å²) in [7, 11) is -6.00. The van der Waals surface area contributed by atoms with Crippen molar-refractivity contribution in [2.45, 2.75) is 51.5 Å². The zero-order chi connectivity index (χ0) is 67.9. The highest BCUT2D eigenvalue weighted by atomic mass is 32.2. The van der Waals surface area contributed by atoms with Gasteiger partial charge in [0.15, 0.2) is 34.5 Å². The Morgan fingerprint density at radius 3 is 1.37 bits per heavy atom. The van der Waals surface area contributed by atoms with E-state index in [4.69, 9.17) is 28.4 Å². The molecule has 93 heavy (non-hydrogen) atoms. The van der Waals surface area contributed by atoms with Crippen LogP contribution >= 0.6 is 0 Å². The number of aromatic nitrogens is 4. The lowest BCUT2D eigenvalue weighted by Crippen LogP contribution is -2.35. The van der Waals surface area contributed by atoms with E-state index in [9.17, 15) is 61.6 Å². The van der Waals surface area contributed by atoms with E-state index in [1.54, 1.807) is 97.9 Å². The molecule has 0 bridgehead atoms. The van der Waals surface area contributed by atoms with E-state index in [-0.39, 0.29) is 40.7 Å². The molecule has 9 aromatic rings. The molecular formula is C65H68F5N5O15S3. The fourth-order valence-electron chi connectivity index (χ4n) is 10.9. The number of methoxy groups -OCH3 is 3. The fourth-order valence-corrected chi connectivity index (χ4v) is 13.7. The molecule has 2 N–H and O–H groups in total.